The number of β-amino-alcohol motifs (C(OH)–C–C–N with tert-alkyl or cyclic N) is 1. The van der Waals surface area contributed by atoms with Crippen LogP contribution in [0.3, 0.4) is 0 Å². The predicted molar refractivity (Wildman–Crippen MR) is 99.4 cm³/mol. The fourth-order valence-electron chi connectivity index (χ4n) is 3.46. The molecule has 3 nitrogen and oxygen atoms in total. The molecule has 2 atom stereocenters. The molecule has 2 unspecified atom stereocenters. The monoisotopic (exact) mass is 376 g/mol. The van der Waals surface area contributed by atoms with Crippen LogP contribution in [0.5, 0.6) is 0 Å². The summed E-state index contributed by atoms with van der Waals surface area (Å²) in [4.78, 5) is 5.25. The van der Waals surface area contributed by atoms with Crippen LogP contribution in [0.4, 0.5) is 0 Å². The smallest absolute Gasteiger partial charge is 0.0794 e. The molecule has 132 valence electrons. The van der Waals surface area contributed by atoms with Crippen LogP contribution in [0.15, 0.2) is 0 Å². The number of nitrogens with zero attached hydrogens (tertiary/aromatic N) is 2. The van der Waals surface area contributed by atoms with E-state index in [1.165, 1.54) is 70.6 Å². The number of aliphatic hydroxyl groups excluding tert-OH is 1. The Labute approximate surface area is 146 Å². The molecule has 22 heavy (non-hydrogen) atoms. The Morgan fingerprint density at radius 3 is 2.05 bits per heavy atom. The number of aliphatic hydroxyl groups is 1. The van der Waals surface area contributed by atoms with Crippen LogP contribution in [0.1, 0.15) is 77.6 Å². The van der Waals surface area contributed by atoms with E-state index >= 15 is 0 Å². The van der Waals surface area contributed by atoms with E-state index < -0.39 is 0 Å². The molecule has 0 aliphatic carbocycles. The number of likely N-dealkylation sites (N-methyl/N-ethyl adjacent to an activating group) is 1. The lowest BCUT2D eigenvalue weighted by Crippen LogP contribution is -2.38. The lowest BCUT2D eigenvalue weighted by atomic mass is 10.1. The first-order valence-electron chi connectivity index (χ1n) is 9.41. The lowest BCUT2D eigenvalue weighted by molar-refractivity contribution is 0.119. The largest absolute Gasteiger partial charge is 0.395 e. The highest BCUT2D eigenvalue weighted by Gasteiger charge is 2.34. The van der Waals surface area contributed by atoms with Crippen molar-refractivity contribution in [2.75, 3.05) is 26.7 Å². The van der Waals surface area contributed by atoms with Crippen molar-refractivity contribution in [1.29, 1.82) is 0 Å². The molecule has 1 saturated heterocycles. The second-order valence-corrected chi connectivity index (χ2v) is 7.83. The van der Waals surface area contributed by atoms with Gasteiger partial charge in [-0.25, -0.2) is 0 Å². The van der Waals surface area contributed by atoms with Gasteiger partial charge in [0.2, 0.25) is 0 Å². The molecule has 4 heteroatoms. The number of hydrogen-bond donors (Lipinski definition) is 1. The van der Waals surface area contributed by atoms with Gasteiger partial charge in [-0.1, -0.05) is 87.1 Å². The van der Waals surface area contributed by atoms with Gasteiger partial charge in [0.25, 0.3) is 0 Å². The maximum Gasteiger partial charge on any atom is 0.0794 e. The molecule has 0 radical (unpaired) electrons. The van der Waals surface area contributed by atoms with Crippen molar-refractivity contribution in [2.24, 2.45) is 0 Å². The number of rotatable bonds is 13. The zero-order valence-corrected chi connectivity index (χ0v) is 16.4. The van der Waals surface area contributed by atoms with E-state index in [9.17, 15) is 5.11 Å². The van der Waals surface area contributed by atoms with Crippen molar-refractivity contribution in [3.63, 3.8) is 0 Å². The second kappa shape index (κ2) is 12.7. The topological polar surface area (TPSA) is 26.7 Å². The summed E-state index contributed by atoms with van der Waals surface area (Å²) in [5.41, 5.74) is 0. The van der Waals surface area contributed by atoms with Gasteiger partial charge in [0.1, 0.15) is 0 Å². The number of halogens is 1. The summed E-state index contributed by atoms with van der Waals surface area (Å²) in [7, 11) is 2.19. The Balaban J connectivity index is 2.01. The summed E-state index contributed by atoms with van der Waals surface area (Å²) in [6.07, 6.45) is 15.7. The first-order chi connectivity index (χ1) is 10.7. The fraction of sp³-hybridized carbons (Fsp3) is 1.00. The summed E-state index contributed by atoms with van der Waals surface area (Å²) >= 11 is 3.73. The summed E-state index contributed by atoms with van der Waals surface area (Å²) in [5.74, 6) is 0. The first kappa shape index (κ1) is 20.4. The summed E-state index contributed by atoms with van der Waals surface area (Å²) in [6.45, 7) is 4.37. The van der Waals surface area contributed by atoms with Crippen LogP contribution in [-0.2, 0) is 0 Å². The molecule has 1 aliphatic rings. The SMILES string of the molecule is CCCCCCCCCCCCC1N(CCO)CC(Br)N1C. The van der Waals surface area contributed by atoms with Crippen LogP contribution in [-0.4, -0.2) is 52.8 Å². The van der Waals surface area contributed by atoms with E-state index in [4.69, 9.17) is 0 Å². The van der Waals surface area contributed by atoms with Crippen molar-refractivity contribution >= 4 is 15.9 Å². The Bertz CT molecular complexity index is 265. The molecule has 1 fully saturated rings. The van der Waals surface area contributed by atoms with Gasteiger partial charge in [-0.3, -0.25) is 9.80 Å². The first-order valence-corrected chi connectivity index (χ1v) is 10.3. The average molecular weight is 377 g/mol. The molecular weight excluding hydrogens is 340 g/mol. The molecule has 0 aromatic rings. The normalized spacial score (nSPS) is 23.5. The third kappa shape index (κ3) is 7.76. The van der Waals surface area contributed by atoms with Crippen molar-refractivity contribution in [1.82, 2.24) is 9.80 Å². The molecule has 1 rings (SSSR count). The molecular formula is C18H37BrN2O. The zero-order chi connectivity index (χ0) is 16.2. The van der Waals surface area contributed by atoms with Gasteiger partial charge >= 0.3 is 0 Å². The maximum absolute atomic E-state index is 9.19. The van der Waals surface area contributed by atoms with Gasteiger partial charge in [0, 0.05) is 13.1 Å². The van der Waals surface area contributed by atoms with E-state index in [-0.39, 0.29) is 6.61 Å². The molecule has 0 spiro atoms. The fourth-order valence-corrected chi connectivity index (χ4v) is 4.10. The molecule has 1 heterocycles. The molecule has 0 bridgehead atoms. The number of hydrogen-bond acceptors (Lipinski definition) is 3. The third-order valence-corrected chi connectivity index (χ3v) is 5.86. The number of unbranched alkanes of at least 4 members (excludes halogenated alkanes) is 9. The Morgan fingerprint density at radius 2 is 1.50 bits per heavy atom. The van der Waals surface area contributed by atoms with Gasteiger partial charge in [0.05, 0.1) is 17.7 Å². The van der Waals surface area contributed by atoms with Gasteiger partial charge in [-0.15, -0.1) is 0 Å². The van der Waals surface area contributed by atoms with E-state index in [1.54, 1.807) is 0 Å². The number of alkyl halides is 1. The molecule has 1 aliphatic heterocycles. The highest BCUT2D eigenvalue weighted by molar-refractivity contribution is 9.09. The zero-order valence-electron chi connectivity index (χ0n) is 14.8. The van der Waals surface area contributed by atoms with Gasteiger partial charge in [-0.2, -0.15) is 0 Å². The van der Waals surface area contributed by atoms with Gasteiger partial charge in [0.15, 0.2) is 0 Å². The van der Waals surface area contributed by atoms with E-state index in [0.717, 1.165) is 13.1 Å². The minimum absolute atomic E-state index is 0.266. The third-order valence-electron chi connectivity index (χ3n) is 4.92. The van der Waals surface area contributed by atoms with E-state index in [2.05, 4.69) is 39.7 Å². The molecule has 0 aromatic carbocycles. The maximum atomic E-state index is 9.19. The van der Waals surface area contributed by atoms with Crippen molar-refractivity contribution in [3.05, 3.63) is 0 Å². The van der Waals surface area contributed by atoms with Crippen molar-refractivity contribution in [2.45, 2.75) is 88.7 Å². The van der Waals surface area contributed by atoms with Gasteiger partial charge in [-0.05, 0) is 13.5 Å². The lowest BCUT2D eigenvalue weighted by Gasteiger charge is -2.27. The van der Waals surface area contributed by atoms with Gasteiger partial charge < -0.3 is 5.11 Å². The predicted octanol–water partition coefficient (Wildman–Crippen LogP) is 4.58. The quantitative estimate of drug-likeness (QED) is 0.289. The molecule has 0 aromatic heterocycles. The van der Waals surface area contributed by atoms with Crippen LogP contribution in [0, 0.1) is 0 Å². The highest BCUT2D eigenvalue weighted by atomic mass is 79.9. The summed E-state index contributed by atoms with van der Waals surface area (Å²) < 4.78 is 0. The Hall–Kier alpha value is 0.360. The highest BCUT2D eigenvalue weighted by Crippen LogP contribution is 2.26. The van der Waals surface area contributed by atoms with Crippen LogP contribution in [0.2, 0.25) is 0 Å². The summed E-state index contributed by atoms with van der Waals surface area (Å²) in [6, 6.07) is 0. The standard InChI is InChI=1S/C18H37BrN2O/c1-3-4-5-6-7-8-9-10-11-12-13-18-20(2)17(19)16-21(18)14-15-22/h17-18,22H,3-16H2,1-2H3. The minimum Gasteiger partial charge on any atom is -0.395 e. The Morgan fingerprint density at radius 1 is 0.955 bits per heavy atom. The molecule has 0 amide bonds. The molecule has 1 N–H and O–H groups in total. The molecule has 0 saturated carbocycles. The summed E-state index contributed by atoms with van der Waals surface area (Å²) in [5, 5.41) is 9.19. The van der Waals surface area contributed by atoms with E-state index in [1.807, 2.05) is 0 Å². The Kier molecular flexibility index (Phi) is 11.8. The van der Waals surface area contributed by atoms with Crippen molar-refractivity contribution < 1.29 is 5.11 Å². The minimum atomic E-state index is 0.266. The second-order valence-electron chi connectivity index (χ2n) is 6.77. The van der Waals surface area contributed by atoms with E-state index in [0.29, 0.717) is 11.1 Å². The van der Waals surface area contributed by atoms with Crippen LogP contribution in [0.25, 0.3) is 0 Å². The average Bonchev–Trinajstić information content (AvgIpc) is 2.77. The van der Waals surface area contributed by atoms with Crippen LogP contribution >= 0.6 is 15.9 Å². The van der Waals surface area contributed by atoms with Crippen molar-refractivity contribution in [3.8, 4) is 0 Å². The van der Waals surface area contributed by atoms with Crippen LogP contribution < -0.4 is 0 Å².